The standard InChI is InChI=1S/C13H20N6O2/c1-8(2)13-15-11(18-21-13)7-19-4-5-20-10(6-19)12-14-9(3)16-17-12/h8,10H,4-7H2,1-3H3,(H,14,16,17)/t10-/m0/s1. The van der Waals surface area contributed by atoms with Gasteiger partial charge in [-0.2, -0.15) is 10.1 Å². The zero-order valence-corrected chi connectivity index (χ0v) is 12.5. The molecule has 114 valence electrons. The van der Waals surface area contributed by atoms with Gasteiger partial charge in [-0.25, -0.2) is 4.98 Å². The minimum absolute atomic E-state index is 0.111. The van der Waals surface area contributed by atoms with Crippen molar-refractivity contribution in [2.75, 3.05) is 19.7 Å². The number of hydrogen-bond acceptors (Lipinski definition) is 7. The van der Waals surface area contributed by atoms with Crippen LogP contribution in [0, 0.1) is 6.92 Å². The van der Waals surface area contributed by atoms with Gasteiger partial charge in [0.25, 0.3) is 0 Å². The van der Waals surface area contributed by atoms with Gasteiger partial charge in [0.1, 0.15) is 11.9 Å². The van der Waals surface area contributed by atoms with E-state index in [1.807, 2.05) is 20.8 Å². The Morgan fingerprint density at radius 1 is 1.38 bits per heavy atom. The van der Waals surface area contributed by atoms with Crippen molar-refractivity contribution in [1.82, 2.24) is 30.2 Å². The smallest absolute Gasteiger partial charge is 0.229 e. The molecule has 1 atom stereocenters. The minimum atomic E-state index is -0.111. The lowest BCUT2D eigenvalue weighted by atomic mass is 10.2. The fraction of sp³-hybridized carbons (Fsp3) is 0.692. The van der Waals surface area contributed by atoms with E-state index in [0.717, 1.165) is 18.9 Å². The van der Waals surface area contributed by atoms with Crippen LogP contribution in [0.15, 0.2) is 4.52 Å². The molecule has 2 aromatic rings. The summed E-state index contributed by atoms with van der Waals surface area (Å²) >= 11 is 0. The Labute approximate surface area is 122 Å². The number of rotatable bonds is 4. The van der Waals surface area contributed by atoms with E-state index in [4.69, 9.17) is 9.26 Å². The molecule has 1 fully saturated rings. The molecule has 1 saturated heterocycles. The third kappa shape index (κ3) is 3.27. The summed E-state index contributed by atoms with van der Waals surface area (Å²) in [5, 5.41) is 11.0. The maximum atomic E-state index is 5.74. The number of aromatic amines is 1. The first-order valence-corrected chi connectivity index (χ1v) is 7.17. The quantitative estimate of drug-likeness (QED) is 0.904. The summed E-state index contributed by atoms with van der Waals surface area (Å²) in [5.74, 6) is 3.14. The first kappa shape index (κ1) is 14.2. The fourth-order valence-corrected chi connectivity index (χ4v) is 2.27. The number of aromatic nitrogens is 5. The highest BCUT2D eigenvalue weighted by Gasteiger charge is 2.26. The molecule has 0 amide bonds. The zero-order chi connectivity index (χ0) is 14.8. The van der Waals surface area contributed by atoms with E-state index >= 15 is 0 Å². The molecule has 0 spiro atoms. The number of morpholine rings is 1. The van der Waals surface area contributed by atoms with Crippen LogP contribution in [0.3, 0.4) is 0 Å². The van der Waals surface area contributed by atoms with Crippen LogP contribution in [0.4, 0.5) is 0 Å². The van der Waals surface area contributed by atoms with Crippen molar-refractivity contribution in [3.8, 4) is 0 Å². The molecule has 0 aliphatic carbocycles. The topological polar surface area (TPSA) is 93.0 Å². The molecule has 8 nitrogen and oxygen atoms in total. The Bertz CT molecular complexity index is 593. The third-order valence-electron chi connectivity index (χ3n) is 3.40. The Kier molecular flexibility index (Phi) is 3.98. The van der Waals surface area contributed by atoms with E-state index in [1.54, 1.807) is 0 Å². The summed E-state index contributed by atoms with van der Waals surface area (Å²) in [6.45, 7) is 8.81. The summed E-state index contributed by atoms with van der Waals surface area (Å²) in [6, 6.07) is 0. The Balaban J connectivity index is 1.63. The minimum Gasteiger partial charge on any atom is -0.367 e. The van der Waals surface area contributed by atoms with Gasteiger partial charge in [-0.3, -0.25) is 10.00 Å². The van der Waals surface area contributed by atoms with E-state index in [-0.39, 0.29) is 12.0 Å². The van der Waals surface area contributed by atoms with Gasteiger partial charge in [0, 0.05) is 19.0 Å². The molecule has 21 heavy (non-hydrogen) atoms. The molecular weight excluding hydrogens is 272 g/mol. The monoisotopic (exact) mass is 292 g/mol. The molecule has 1 N–H and O–H groups in total. The van der Waals surface area contributed by atoms with Crippen molar-refractivity contribution < 1.29 is 9.26 Å². The first-order chi connectivity index (χ1) is 10.1. The lowest BCUT2D eigenvalue weighted by Gasteiger charge is -2.30. The van der Waals surface area contributed by atoms with Gasteiger partial charge in [0.05, 0.1) is 13.2 Å². The molecule has 2 aromatic heterocycles. The van der Waals surface area contributed by atoms with Crippen LogP contribution in [-0.2, 0) is 11.3 Å². The van der Waals surface area contributed by atoms with Gasteiger partial charge in [0.2, 0.25) is 5.89 Å². The number of hydrogen-bond donors (Lipinski definition) is 1. The predicted molar refractivity (Wildman–Crippen MR) is 73.5 cm³/mol. The molecule has 0 aromatic carbocycles. The van der Waals surface area contributed by atoms with E-state index in [0.29, 0.717) is 30.7 Å². The fourth-order valence-electron chi connectivity index (χ4n) is 2.27. The summed E-state index contributed by atoms with van der Waals surface area (Å²) in [4.78, 5) is 11.0. The lowest BCUT2D eigenvalue weighted by molar-refractivity contribution is -0.0379. The maximum absolute atomic E-state index is 5.74. The Hall–Kier alpha value is -1.80. The molecule has 8 heteroatoms. The normalized spacial score (nSPS) is 20.3. The molecule has 1 aliphatic rings. The first-order valence-electron chi connectivity index (χ1n) is 7.17. The Morgan fingerprint density at radius 2 is 2.24 bits per heavy atom. The summed E-state index contributed by atoms with van der Waals surface area (Å²) in [6.07, 6.45) is -0.111. The molecule has 3 heterocycles. The van der Waals surface area contributed by atoms with Crippen LogP contribution in [0.1, 0.15) is 49.2 Å². The highest BCUT2D eigenvalue weighted by atomic mass is 16.5. The third-order valence-corrected chi connectivity index (χ3v) is 3.40. The van der Waals surface area contributed by atoms with E-state index < -0.39 is 0 Å². The number of nitrogens with zero attached hydrogens (tertiary/aromatic N) is 5. The zero-order valence-electron chi connectivity index (χ0n) is 12.5. The van der Waals surface area contributed by atoms with Crippen LogP contribution >= 0.6 is 0 Å². The summed E-state index contributed by atoms with van der Waals surface area (Å²) in [5.41, 5.74) is 0. The number of aryl methyl sites for hydroxylation is 1. The predicted octanol–water partition coefficient (Wildman–Crippen LogP) is 1.19. The largest absolute Gasteiger partial charge is 0.367 e. The van der Waals surface area contributed by atoms with Gasteiger partial charge >= 0.3 is 0 Å². The van der Waals surface area contributed by atoms with Gasteiger partial charge in [-0.15, -0.1) is 0 Å². The van der Waals surface area contributed by atoms with Crippen LogP contribution in [0.5, 0.6) is 0 Å². The van der Waals surface area contributed by atoms with Crippen molar-refractivity contribution in [3.63, 3.8) is 0 Å². The number of ether oxygens (including phenoxy) is 1. The molecule has 0 saturated carbocycles. The molecule has 0 radical (unpaired) electrons. The highest BCUT2D eigenvalue weighted by Crippen LogP contribution is 2.20. The van der Waals surface area contributed by atoms with E-state index in [2.05, 4.69) is 30.2 Å². The molecule has 0 bridgehead atoms. The van der Waals surface area contributed by atoms with Gasteiger partial charge < -0.3 is 9.26 Å². The van der Waals surface area contributed by atoms with Gasteiger partial charge in [-0.1, -0.05) is 19.0 Å². The Morgan fingerprint density at radius 3 is 2.90 bits per heavy atom. The average molecular weight is 292 g/mol. The second-order valence-corrected chi connectivity index (χ2v) is 5.58. The van der Waals surface area contributed by atoms with Crippen LogP contribution < -0.4 is 0 Å². The second-order valence-electron chi connectivity index (χ2n) is 5.58. The van der Waals surface area contributed by atoms with E-state index in [9.17, 15) is 0 Å². The van der Waals surface area contributed by atoms with Crippen LogP contribution in [0.25, 0.3) is 0 Å². The molecule has 3 rings (SSSR count). The van der Waals surface area contributed by atoms with Gasteiger partial charge in [0.15, 0.2) is 11.6 Å². The van der Waals surface area contributed by atoms with Crippen LogP contribution in [-0.4, -0.2) is 49.9 Å². The number of H-pyrrole nitrogens is 1. The van der Waals surface area contributed by atoms with Crippen molar-refractivity contribution in [2.24, 2.45) is 0 Å². The summed E-state index contributed by atoms with van der Waals surface area (Å²) in [7, 11) is 0. The van der Waals surface area contributed by atoms with Crippen molar-refractivity contribution in [3.05, 3.63) is 23.4 Å². The lowest BCUT2D eigenvalue weighted by Crippen LogP contribution is -2.38. The molecular formula is C13H20N6O2. The molecule has 1 aliphatic heterocycles. The SMILES string of the molecule is Cc1nc([C@@H]2CN(Cc3noc(C(C)C)n3)CCO2)n[nH]1. The van der Waals surface area contributed by atoms with Gasteiger partial charge in [-0.05, 0) is 6.92 Å². The average Bonchev–Trinajstić information content (AvgIpc) is 3.08. The highest BCUT2D eigenvalue weighted by molar-refractivity contribution is 4.96. The number of nitrogens with one attached hydrogen (secondary N) is 1. The summed E-state index contributed by atoms with van der Waals surface area (Å²) < 4.78 is 11.0. The second kappa shape index (κ2) is 5.90. The maximum Gasteiger partial charge on any atom is 0.229 e. The van der Waals surface area contributed by atoms with Crippen LogP contribution in [0.2, 0.25) is 0 Å². The van der Waals surface area contributed by atoms with Crippen molar-refractivity contribution in [2.45, 2.75) is 39.3 Å². The van der Waals surface area contributed by atoms with Crippen molar-refractivity contribution >= 4 is 0 Å². The van der Waals surface area contributed by atoms with E-state index in [1.165, 1.54) is 0 Å². The molecule has 0 unspecified atom stereocenters. The van der Waals surface area contributed by atoms with Crippen molar-refractivity contribution in [1.29, 1.82) is 0 Å².